The van der Waals surface area contributed by atoms with Crippen LogP contribution in [0, 0.1) is 0 Å². The van der Waals surface area contributed by atoms with Gasteiger partial charge in [0, 0.05) is 18.3 Å². The molecule has 0 fully saturated rings. The number of carboxylic acids is 1. The zero-order valence-electron chi connectivity index (χ0n) is 11.7. The fraction of sp³-hybridized carbons (Fsp3) is 0.188. The molecule has 3 rings (SSSR count). The topological polar surface area (TPSA) is 68.0 Å². The van der Waals surface area contributed by atoms with Crippen LogP contribution in [0.15, 0.2) is 42.6 Å². The van der Waals surface area contributed by atoms with E-state index in [0.29, 0.717) is 0 Å². The number of benzene rings is 1. The standard InChI is InChI=1S/C16H15N3O2/c1-2-10-19-14(18-13-4-3-9-17-15(13)19)11-5-7-12(8-6-11)16(20)21/h3-9H,2,10H2,1H3,(H,20,21). The highest BCUT2D eigenvalue weighted by Crippen LogP contribution is 2.24. The fourth-order valence-corrected chi connectivity index (χ4v) is 2.38. The van der Waals surface area contributed by atoms with Crippen LogP contribution in [0.5, 0.6) is 0 Å². The summed E-state index contributed by atoms with van der Waals surface area (Å²) in [5.74, 6) is -0.104. The first-order valence-electron chi connectivity index (χ1n) is 6.85. The normalized spacial score (nSPS) is 10.9. The molecule has 5 nitrogen and oxygen atoms in total. The van der Waals surface area contributed by atoms with Gasteiger partial charge in [-0.05, 0) is 30.7 Å². The van der Waals surface area contributed by atoms with Gasteiger partial charge in [0.2, 0.25) is 0 Å². The SMILES string of the molecule is CCCn1c(-c2ccc(C(=O)O)cc2)nc2cccnc21. The molecule has 106 valence electrons. The van der Waals surface area contributed by atoms with Crippen molar-refractivity contribution in [3.8, 4) is 11.4 Å². The third kappa shape index (κ3) is 2.38. The van der Waals surface area contributed by atoms with Crippen LogP contribution in [0.25, 0.3) is 22.6 Å². The van der Waals surface area contributed by atoms with Gasteiger partial charge in [-0.25, -0.2) is 14.8 Å². The molecule has 0 amide bonds. The van der Waals surface area contributed by atoms with Crippen LogP contribution in [0.1, 0.15) is 23.7 Å². The van der Waals surface area contributed by atoms with E-state index in [1.165, 1.54) is 0 Å². The summed E-state index contributed by atoms with van der Waals surface area (Å²) in [7, 11) is 0. The summed E-state index contributed by atoms with van der Waals surface area (Å²) in [6.07, 6.45) is 2.73. The Morgan fingerprint density at radius 2 is 2.00 bits per heavy atom. The number of aromatic nitrogens is 3. The number of hydrogen-bond acceptors (Lipinski definition) is 3. The zero-order chi connectivity index (χ0) is 14.8. The molecule has 0 bridgehead atoms. The minimum absolute atomic E-state index is 0.273. The molecule has 0 aliphatic carbocycles. The van der Waals surface area contributed by atoms with E-state index in [1.807, 2.05) is 12.1 Å². The van der Waals surface area contributed by atoms with Gasteiger partial charge in [0.25, 0.3) is 0 Å². The lowest BCUT2D eigenvalue weighted by atomic mass is 10.1. The molecule has 0 radical (unpaired) electrons. The number of nitrogens with zero attached hydrogens (tertiary/aromatic N) is 3. The summed E-state index contributed by atoms with van der Waals surface area (Å²) in [5.41, 5.74) is 2.88. The van der Waals surface area contributed by atoms with E-state index < -0.39 is 5.97 Å². The third-order valence-corrected chi connectivity index (χ3v) is 3.34. The lowest BCUT2D eigenvalue weighted by Gasteiger charge is -2.07. The number of pyridine rings is 1. The maximum Gasteiger partial charge on any atom is 0.335 e. The van der Waals surface area contributed by atoms with E-state index in [1.54, 1.807) is 30.5 Å². The second kappa shape index (κ2) is 5.36. The Hall–Kier alpha value is -2.69. The van der Waals surface area contributed by atoms with E-state index in [9.17, 15) is 4.79 Å². The van der Waals surface area contributed by atoms with Gasteiger partial charge in [-0.3, -0.25) is 0 Å². The highest BCUT2D eigenvalue weighted by atomic mass is 16.4. The van der Waals surface area contributed by atoms with E-state index in [2.05, 4.69) is 21.5 Å². The van der Waals surface area contributed by atoms with Crippen LogP contribution >= 0.6 is 0 Å². The smallest absolute Gasteiger partial charge is 0.335 e. The van der Waals surface area contributed by atoms with Crippen LogP contribution in [0.4, 0.5) is 0 Å². The second-order valence-corrected chi connectivity index (χ2v) is 4.82. The molecular formula is C16H15N3O2. The Morgan fingerprint density at radius 1 is 1.24 bits per heavy atom. The molecule has 0 saturated heterocycles. The molecule has 0 atom stereocenters. The highest BCUT2D eigenvalue weighted by Gasteiger charge is 2.13. The first-order chi connectivity index (χ1) is 10.2. The molecule has 0 spiro atoms. The summed E-state index contributed by atoms with van der Waals surface area (Å²) >= 11 is 0. The number of carboxylic acid groups (broad SMARTS) is 1. The minimum Gasteiger partial charge on any atom is -0.478 e. The van der Waals surface area contributed by atoms with Crippen molar-refractivity contribution in [1.82, 2.24) is 14.5 Å². The maximum absolute atomic E-state index is 10.9. The molecular weight excluding hydrogens is 266 g/mol. The maximum atomic E-state index is 10.9. The van der Waals surface area contributed by atoms with Crippen molar-refractivity contribution in [2.45, 2.75) is 19.9 Å². The lowest BCUT2D eigenvalue weighted by molar-refractivity contribution is 0.0697. The molecule has 5 heteroatoms. The number of aromatic carboxylic acids is 1. The van der Waals surface area contributed by atoms with Gasteiger partial charge < -0.3 is 9.67 Å². The van der Waals surface area contributed by atoms with Crippen molar-refractivity contribution in [1.29, 1.82) is 0 Å². The molecule has 2 aromatic heterocycles. The van der Waals surface area contributed by atoms with Crippen LogP contribution in [-0.2, 0) is 6.54 Å². The van der Waals surface area contributed by atoms with Crippen molar-refractivity contribution >= 4 is 17.1 Å². The van der Waals surface area contributed by atoms with Crippen molar-refractivity contribution in [3.05, 3.63) is 48.2 Å². The van der Waals surface area contributed by atoms with E-state index in [0.717, 1.165) is 35.5 Å². The van der Waals surface area contributed by atoms with Gasteiger partial charge in [-0.1, -0.05) is 19.1 Å². The zero-order valence-corrected chi connectivity index (χ0v) is 11.7. The molecule has 2 heterocycles. The minimum atomic E-state index is -0.926. The lowest BCUT2D eigenvalue weighted by Crippen LogP contribution is -2.01. The summed E-state index contributed by atoms with van der Waals surface area (Å²) < 4.78 is 2.07. The molecule has 0 saturated carbocycles. The Balaban J connectivity index is 2.14. The third-order valence-electron chi connectivity index (χ3n) is 3.34. The molecule has 21 heavy (non-hydrogen) atoms. The van der Waals surface area contributed by atoms with Crippen molar-refractivity contribution in [2.75, 3.05) is 0 Å². The number of aryl methyl sites for hydroxylation is 1. The average Bonchev–Trinajstić information content (AvgIpc) is 2.87. The highest BCUT2D eigenvalue weighted by molar-refractivity contribution is 5.88. The molecule has 3 aromatic rings. The molecule has 1 aromatic carbocycles. The Bertz CT molecular complexity index is 791. The quantitative estimate of drug-likeness (QED) is 0.797. The van der Waals surface area contributed by atoms with Gasteiger partial charge >= 0.3 is 5.97 Å². The van der Waals surface area contributed by atoms with E-state index in [4.69, 9.17) is 5.11 Å². The van der Waals surface area contributed by atoms with Crippen LogP contribution in [0.3, 0.4) is 0 Å². The van der Waals surface area contributed by atoms with Crippen LogP contribution < -0.4 is 0 Å². The Kier molecular flexibility index (Phi) is 3.39. The van der Waals surface area contributed by atoms with Gasteiger partial charge in [-0.2, -0.15) is 0 Å². The summed E-state index contributed by atoms with van der Waals surface area (Å²) in [6.45, 7) is 2.93. The number of carbonyl (C=O) groups is 1. The predicted molar refractivity (Wildman–Crippen MR) is 80.2 cm³/mol. The first-order valence-corrected chi connectivity index (χ1v) is 6.85. The number of rotatable bonds is 4. The largest absolute Gasteiger partial charge is 0.478 e. The summed E-state index contributed by atoms with van der Waals surface area (Å²) in [6, 6.07) is 10.6. The number of imidazole rings is 1. The first kappa shape index (κ1) is 13.3. The van der Waals surface area contributed by atoms with E-state index >= 15 is 0 Å². The van der Waals surface area contributed by atoms with Crippen LogP contribution in [0.2, 0.25) is 0 Å². The molecule has 1 N–H and O–H groups in total. The van der Waals surface area contributed by atoms with Crippen LogP contribution in [-0.4, -0.2) is 25.6 Å². The van der Waals surface area contributed by atoms with E-state index in [-0.39, 0.29) is 5.56 Å². The van der Waals surface area contributed by atoms with Gasteiger partial charge in [0.1, 0.15) is 11.3 Å². The predicted octanol–water partition coefficient (Wildman–Crippen LogP) is 3.21. The number of hydrogen-bond donors (Lipinski definition) is 1. The Morgan fingerprint density at radius 3 is 2.67 bits per heavy atom. The monoisotopic (exact) mass is 281 g/mol. The van der Waals surface area contributed by atoms with Crippen molar-refractivity contribution in [3.63, 3.8) is 0 Å². The van der Waals surface area contributed by atoms with Gasteiger partial charge in [0.15, 0.2) is 5.65 Å². The van der Waals surface area contributed by atoms with Crippen molar-refractivity contribution < 1.29 is 9.90 Å². The van der Waals surface area contributed by atoms with Gasteiger partial charge in [-0.15, -0.1) is 0 Å². The van der Waals surface area contributed by atoms with Crippen molar-refractivity contribution in [2.24, 2.45) is 0 Å². The number of fused-ring (bicyclic) bond motifs is 1. The molecule has 0 aliphatic rings. The summed E-state index contributed by atoms with van der Waals surface area (Å²) in [5, 5.41) is 8.97. The second-order valence-electron chi connectivity index (χ2n) is 4.82. The Labute approximate surface area is 121 Å². The molecule has 0 aliphatic heterocycles. The fourth-order valence-electron chi connectivity index (χ4n) is 2.38. The average molecular weight is 281 g/mol. The molecule has 0 unspecified atom stereocenters. The summed E-state index contributed by atoms with van der Waals surface area (Å²) in [4.78, 5) is 20.0. The van der Waals surface area contributed by atoms with Gasteiger partial charge in [0.05, 0.1) is 5.56 Å².